The van der Waals surface area contributed by atoms with Gasteiger partial charge in [-0.15, -0.1) is 0 Å². The number of amides is 1. The number of Topliss-reactive ketones (excluding diaryl/α,β-unsaturated/α-hetero) is 2. The van der Waals surface area contributed by atoms with Crippen molar-refractivity contribution in [2.24, 2.45) is 0 Å². The number of rotatable bonds is 4. The normalized spacial score (nSPS) is 16.5. The van der Waals surface area contributed by atoms with Crippen molar-refractivity contribution in [3.05, 3.63) is 74.8 Å². The largest absolute Gasteiger partial charge is 0.348 e. The maximum absolute atomic E-state index is 13.4. The Bertz CT molecular complexity index is 1260. The average molecular weight is 438 g/mol. The molecule has 31 heavy (non-hydrogen) atoms. The van der Waals surface area contributed by atoms with E-state index in [0.29, 0.717) is 39.3 Å². The SMILES string of the molecule is Cc1nc2cccc(CNC(=O)c3ccc(Cl)cc3)c2c(=O)n1C1CCC(=O)CC1=O. The molecule has 1 amide bonds. The molecule has 1 N–H and O–H groups in total. The van der Waals surface area contributed by atoms with Gasteiger partial charge in [0.25, 0.3) is 11.5 Å². The van der Waals surface area contributed by atoms with Crippen LogP contribution in [0.1, 0.15) is 47.1 Å². The van der Waals surface area contributed by atoms with Crippen molar-refractivity contribution in [3.63, 3.8) is 0 Å². The molecule has 1 atom stereocenters. The molecule has 0 aliphatic heterocycles. The minimum Gasteiger partial charge on any atom is -0.348 e. The molecule has 1 aliphatic rings. The molecule has 1 aliphatic carbocycles. The van der Waals surface area contributed by atoms with Crippen LogP contribution in [0.5, 0.6) is 0 Å². The molecule has 1 heterocycles. The first kappa shape index (κ1) is 20.9. The zero-order chi connectivity index (χ0) is 22.1. The van der Waals surface area contributed by atoms with E-state index >= 15 is 0 Å². The zero-order valence-corrected chi connectivity index (χ0v) is 17.6. The van der Waals surface area contributed by atoms with Gasteiger partial charge in [-0.3, -0.25) is 23.7 Å². The monoisotopic (exact) mass is 437 g/mol. The van der Waals surface area contributed by atoms with Gasteiger partial charge in [-0.25, -0.2) is 4.98 Å². The Morgan fingerprint density at radius 3 is 2.61 bits per heavy atom. The molecule has 1 unspecified atom stereocenters. The van der Waals surface area contributed by atoms with Gasteiger partial charge in [-0.2, -0.15) is 0 Å². The molecule has 0 spiro atoms. The van der Waals surface area contributed by atoms with Crippen LogP contribution in [0.2, 0.25) is 5.02 Å². The van der Waals surface area contributed by atoms with Crippen molar-refractivity contribution in [1.82, 2.24) is 14.9 Å². The smallest absolute Gasteiger partial charge is 0.262 e. The van der Waals surface area contributed by atoms with E-state index < -0.39 is 6.04 Å². The highest BCUT2D eigenvalue weighted by Crippen LogP contribution is 2.24. The fourth-order valence-electron chi connectivity index (χ4n) is 3.95. The number of aromatic nitrogens is 2. The summed E-state index contributed by atoms with van der Waals surface area (Å²) in [7, 11) is 0. The highest BCUT2D eigenvalue weighted by atomic mass is 35.5. The second-order valence-electron chi connectivity index (χ2n) is 7.57. The lowest BCUT2D eigenvalue weighted by molar-refractivity contribution is -0.132. The van der Waals surface area contributed by atoms with E-state index in [0.717, 1.165) is 0 Å². The third-order valence-corrected chi connectivity index (χ3v) is 5.74. The molecule has 8 heteroatoms. The van der Waals surface area contributed by atoms with Gasteiger partial charge in [-0.05, 0) is 49.2 Å². The maximum Gasteiger partial charge on any atom is 0.262 e. The van der Waals surface area contributed by atoms with E-state index in [1.54, 1.807) is 49.4 Å². The summed E-state index contributed by atoms with van der Waals surface area (Å²) >= 11 is 5.86. The predicted molar refractivity (Wildman–Crippen MR) is 116 cm³/mol. The first-order valence-electron chi connectivity index (χ1n) is 9.94. The number of nitrogens with zero attached hydrogens (tertiary/aromatic N) is 2. The Morgan fingerprint density at radius 2 is 1.90 bits per heavy atom. The Labute approximate surface area is 183 Å². The maximum atomic E-state index is 13.4. The predicted octanol–water partition coefficient (Wildman–Crippen LogP) is 3.15. The number of carbonyl (C=O) groups excluding carboxylic acids is 3. The molecule has 7 nitrogen and oxygen atoms in total. The van der Waals surface area contributed by atoms with Crippen LogP contribution < -0.4 is 10.9 Å². The summed E-state index contributed by atoms with van der Waals surface area (Å²) in [5, 5.41) is 3.70. The zero-order valence-electron chi connectivity index (χ0n) is 16.9. The average Bonchev–Trinajstić information content (AvgIpc) is 2.73. The summed E-state index contributed by atoms with van der Waals surface area (Å²) in [5.74, 6) is -0.245. The van der Waals surface area contributed by atoms with Crippen molar-refractivity contribution in [2.75, 3.05) is 0 Å². The standard InChI is InChI=1S/C23H20ClN3O4/c1-13-26-18-4-2-3-15(12-25-22(30)14-5-7-16(24)8-6-14)21(18)23(31)27(13)19-10-9-17(28)11-20(19)29/h2-8,19H,9-12H2,1H3,(H,25,30). The fourth-order valence-corrected chi connectivity index (χ4v) is 4.07. The number of benzene rings is 2. The number of hydrogen-bond donors (Lipinski definition) is 1. The number of hydrogen-bond acceptors (Lipinski definition) is 5. The number of ketones is 2. The van der Waals surface area contributed by atoms with Crippen LogP contribution in [0.3, 0.4) is 0 Å². The van der Waals surface area contributed by atoms with Crippen LogP contribution in [0, 0.1) is 6.92 Å². The Balaban J connectivity index is 1.69. The molecule has 1 aromatic heterocycles. The molecular formula is C23H20ClN3O4. The summed E-state index contributed by atoms with van der Waals surface area (Å²) in [6.07, 6.45) is 0.396. The van der Waals surface area contributed by atoms with Crippen LogP contribution in [0.4, 0.5) is 0 Å². The molecule has 3 aromatic rings. The number of carbonyl (C=O) groups is 3. The number of nitrogens with one attached hydrogen (secondary N) is 1. The van der Waals surface area contributed by atoms with E-state index in [4.69, 9.17) is 11.6 Å². The Morgan fingerprint density at radius 1 is 1.16 bits per heavy atom. The first-order chi connectivity index (χ1) is 14.8. The third kappa shape index (κ3) is 4.14. The van der Waals surface area contributed by atoms with E-state index in [1.807, 2.05) is 0 Å². The highest BCUT2D eigenvalue weighted by molar-refractivity contribution is 6.30. The molecule has 158 valence electrons. The van der Waals surface area contributed by atoms with Crippen LogP contribution in [-0.2, 0) is 16.1 Å². The summed E-state index contributed by atoms with van der Waals surface area (Å²) < 4.78 is 1.39. The lowest BCUT2D eigenvalue weighted by atomic mass is 9.92. The first-order valence-corrected chi connectivity index (χ1v) is 10.3. The van der Waals surface area contributed by atoms with Gasteiger partial charge in [0.05, 0.1) is 23.4 Å². The fraction of sp³-hybridized carbons (Fsp3) is 0.261. The van der Waals surface area contributed by atoms with E-state index in [2.05, 4.69) is 10.3 Å². The number of halogens is 1. The molecular weight excluding hydrogens is 418 g/mol. The van der Waals surface area contributed by atoms with Crippen LogP contribution in [0.15, 0.2) is 47.3 Å². The van der Waals surface area contributed by atoms with Crippen molar-refractivity contribution in [2.45, 2.75) is 38.8 Å². The molecule has 0 bridgehead atoms. The molecule has 2 aromatic carbocycles. The minimum absolute atomic E-state index is 0.105. The second kappa shape index (κ2) is 8.43. The summed E-state index contributed by atoms with van der Waals surface area (Å²) in [6, 6.07) is 11.1. The van der Waals surface area contributed by atoms with E-state index in [-0.39, 0.29) is 42.4 Å². The molecule has 1 fully saturated rings. The van der Waals surface area contributed by atoms with Gasteiger partial charge in [0.15, 0.2) is 5.78 Å². The quantitative estimate of drug-likeness (QED) is 0.632. The Kier molecular flexibility index (Phi) is 5.69. The minimum atomic E-state index is -0.696. The Hall–Kier alpha value is -3.32. The molecule has 0 saturated heterocycles. The second-order valence-corrected chi connectivity index (χ2v) is 8.01. The lowest BCUT2D eigenvalue weighted by Crippen LogP contribution is -2.36. The molecule has 4 rings (SSSR count). The van der Waals surface area contributed by atoms with E-state index in [9.17, 15) is 19.2 Å². The van der Waals surface area contributed by atoms with Crippen molar-refractivity contribution in [1.29, 1.82) is 0 Å². The van der Waals surface area contributed by atoms with Gasteiger partial charge in [-0.1, -0.05) is 23.7 Å². The van der Waals surface area contributed by atoms with Crippen LogP contribution in [-0.4, -0.2) is 27.0 Å². The third-order valence-electron chi connectivity index (χ3n) is 5.49. The number of fused-ring (bicyclic) bond motifs is 1. The van der Waals surface area contributed by atoms with Gasteiger partial charge in [0.1, 0.15) is 11.6 Å². The van der Waals surface area contributed by atoms with Gasteiger partial charge < -0.3 is 5.32 Å². The summed E-state index contributed by atoms with van der Waals surface area (Å²) in [5.41, 5.74) is 1.21. The van der Waals surface area contributed by atoms with Crippen LogP contribution >= 0.6 is 11.6 Å². The molecule has 0 radical (unpaired) electrons. The highest BCUT2D eigenvalue weighted by Gasteiger charge is 2.31. The van der Waals surface area contributed by atoms with Gasteiger partial charge >= 0.3 is 0 Å². The topological polar surface area (TPSA) is 98.1 Å². The summed E-state index contributed by atoms with van der Waals surface area (Å²) in [6.45, 7) is 1.80. The molecule has 1 saturated carbocycles. The lowest BCUT2D eigenvalue weighted by Gasteiger charge is -2.24. The van der Waals surface area contributed by atoms with Crippen molar-refractivity contribution >= 4 is 40.0 Å². The van der Waals surface area contributed by atoms with Gasteiger partial charge in [0.2, 0.25) is 0 Å². The van der Waals surface area contributed by atoms with Gasteiger partial charge in [0, 0.05) is 23.6 Å². The van der Waals surface area contributed by atoms with Crippen molar-refractivity contribution < 1.29 is 14.4 Å². The van der Waals surface area contributed by atoms with Crippen LogP contribution in [0.25, 0.3) is 10.9 Å². The number of aryl methyl sites for hydroxylation is 1. The van der Waals surface area contributed by atoms with Crippen molar-refractivity contribution in [3.8, 4) is 0 Å². The summed E-state index contributed by atoms with van der Waals surface area (Å²) in [4.78, 5) is 54.4. The van der Waals surface area contributed by atoms with E-state index in [1.165, 1.54) is 4.57 Å².